The first kappa shape index (κ1) is 22.8. The number of ketones is 1. The van der Waals surface area contributed by atoms with E-state index in [4.69, 9.17) is 9.47 Å². The monoisotopic (exact) mass is 383 g/mol. The molecule has 0 fully saturated rings. The van der Waals surface area contributed by atoms with Crippen molar-refractivity contribution in [3.8, 4) is 0 Å². The molecule has 148 valence electrons. The minimum atomic E-state index is -0.492. The van der Waals surface area contributed by atoms with Crippen LogP contribution in [0.1, 0.15) is 98.3 Å². The quantitative estimate of drug-likeness (QED) is 0.216. The van der Waals surface area contributed by atoms with Gasteiger partial charge in [-0.05, 0) is 13.3 Å². The van der Waals surface area contributed by atoms with Crippen molar-refractivity contribution in [2.75, 3.05) is 19.8 Å². The third-order valence-electron chi connectivity index (χ3n) is 4.10. The van der Waals surface area contributed by atoms with Gasteiger partial charge in [0.05, 0.1) is 6.61 Å². The molecule has 1 rings (SSSR count). The van der Waals surface area contributed by atoms with E-state index in [1.807, 2.05) is 0 Å². The summed E-state index contributed by atoms with van der Waals surface area (Å²) in [6.45, 7) is 4.89. The second-order valence-electron chi connectivity index (χ2n) is 6.42. The van der Waals surface area contributed by atoms with Gasteiger partial charge in [-0.25, -0.2) is 9.78 Å². The summed E-state index contributed by atoms with van der Waals surface area (Å²) in [6, 6.07) is 0. The Balaban J connectivity index is 2.01. The molecule has 0 saturated carbocycles. The van der Waals surface area contributed by atoms with E-state index < -0.39 is 5.97 Å². The highest BCUT2D eigenvalue weighted by atomic mass is 32.1. The maximum absolute atomic E-state index is 12.0. The molecule has 26 heavy (non-hydrogen) atoms. The largest absolute Gasteiger partial charge is 0.461 e. The minimum Gasteiger partial charge on any atom is -0.461 e. The molecule has 0 aromatic carbocycles. The smallest absolute Gasteiger partial charge is 0.357 e. The molecule has 1 heterocycles. The van der Waals surface area contributed by atoms with Gasteiger partial charge in [0.25, 0.3) is 0 Å². The molecule has 0 saturated heterocycles. The fourth-order valence-corrected chi connectivity index (χ4v) is 3.33. The van der Waals surface area contributed by atoms with E-state index in [2.05, 4.69) is 11.9 Å². The van der Waals surface area contributed by atoms with Gasteiger partial charge in [0.2, 0.25) is 5.78 Å². The summed E-state index contributed by atoms with van der Waals surface area (Å²) in [5.74, 6) is -0.674. The first-order chi connectivity index (χ1) is 12.7. The third kappa shape index (κ3) is 10.0. The number of hydrogen-bond acceptors (Lipinski definition) is 6. The molecule has 5 nitrogen and oxygen atoms in total. The molecule has 6 heteroatoms. The number of hydrogen-bond donors (Lipinski definition) is 0. The van der Waals surface area contributed by atoms with Crippen LogP contribution in [0.3, 0.4) is 0 Å². The Bertz CT molecular complexity index is 516. The van der Waals surface area contributed by atoms with Gasteiger partial charge in [-0.1, -0.05) is 64.7 Å². The van der Waals surface area contributed by atoms with E-state index in [0.29, 0.717) is 18.2 Å². The highest BCUT2D eigenvalue weighted by Gasteiger charge is 2.16. The molecule has 1 aromatic rings. The topological polar surface area (TPSA) is 65.5 Å². The maximum atomic E-state index is 12.0. The number of unbranched alkanes of at least 4 members (excludes halogenated alkanes) is 9. The molecule has 0 aliphatic carbocycles. The van der Waals surface area contributed by atoms with Gasteiger partial charge in [0.1, 0.15) is 6.61 Å². The molecule has 1 aromatic heterocycles. The molecule has 0 aliphatic heterocycles. The minimum absolute atomic E-state index is 0.0210. The summed E-state index contributed by atoms with van der Waals surface area (Å²) in [5.41, 5.74) is 0.190. The van der Waals surface area contributed by atoms with E-state index in [0.717, 1.165) is 24.2 Å². The Morgan fingerprint density at radius 3 is 2.19 bits per heavy atom. The summed E-state index contributed by atoms with van der Waals surface area (Å²) in [6.07, 6.45) is 12.7. The summed E-state index contributed by atoms with van der Waals surface area (Å²) in [4.78, 5) is 27.5. The fraction of sp³-hybridized carbons (Fsp3) is 0.750. The van der Waals surface area contributed by atoms with E-state index >= 15 is 0 Å². The van der Waals surface area contributed by atoms with Crippen molar-refractivity contribution in [2.45, 2.75) is 78.1 Å². The average Bonchev–Trinajstić information content (AvgIpc) is 3.13. The molecule has 0 bridgehead atoms. The number of rotatable bonds is 16. The van der Waals surface area contributed by atoms with Gasteiger partial charge in [-0.2, -0.15) is 0 Å². The lowest BCUT2D eigenvalue weighted by atomic mass is 10.1. The molecule has 0 radical (unpaired) electrons. The third-order valence-corrected chi connectivity index (χ3v) is 4.99. The average molecular weight is 384 g/mol. The van der Waals surface area contributed by atoms with E-state index in [1.54, 1.807) is 12.3 Å². The maximum Gasteiger partial charge on any atom is 0.357 e. The number of ether oxygens (including phenoxy) is 2. The normalized spacial score (nSPS) is 10.8. The first-order valence-corrected chi connectivity index (χ1v) is 10.8. The van der Waals surface area contributed by atoms with Gasteiger partial charge in [0, 0.05) is 12.0 Å². The Labute approximate surface area is 161 Å². The molecule has 0 aliphatic rings. The highest BCUT2D eigenvalue weighted by Crippen LogP contribution is 2.13. The number of aromatic nitrogens is 1. The van der Waals surface area contributed by atoms with Crippen molar-refractivity contribution < 1.29 is 19.1 Å². The molecule has 0 atom stereocenters. The summed E-state index contributed by atoms with van der Waals surface area (Å²) >= 11 is 1.15. The molecule has 0 N–H and O–H groups in total. The van der Waals surface area contributed by atoms with E-state index in [-0.39, 0.29) is 18.1 Å². The summed E-state index contributed by atoms with van der Waals surface area (Å²) < 4.78 is 10.3. The van der Waals surface area contributed by atoms with Crippen LogP contribution in [0, 0.1) is 0 Å². The van der Waals surface area contributed by atoms with Gasteiger partial charge >= 0.3 is 5.97 Å². The van der Waals surface area contributed by atoms with Crippen LogP contribution in [-0.4, -0.2) is 36.6 Å². The lowest BCUT2D eigenvalue weighted by Gasteiger charge is -2.03. The second kappa shape index (κ2) is 14.9. The van der Waals surface area contributed by atoms with Gasteiger partial charge < -0.3 is 9.47 Å². The molecule has 0 unspecified atom stereocenters. The van der Waals surface area contributed by atoms with Crippen molar-refractivity contribution >= 4 is 23.1 Å². The lowest BCUT2D eigenvalue weighted by molar-refractivity contribution is 0.0520. The SMILES string of the molecule is CCCCCCCCCCCCOCC(=O)c1nc(C(=O)OCC)cs1. The van der Waals surface area contributed by atoms with Crippen molar-refractivity contribution in [3.63, 3.8) is 0 Å². The van der Waals surface area contributed by atoms with E-state index in [1.165, 1.54) is 51.4 Å². The number of carbonyl (C=O) groups is 2. The van der Waals surface area contributed by atoms with Crippen LogP contribution < -0.4 is 0 Å². The Morgan fingerprint density at radius 1 is 0.962 bits per heavy atom. The number of carbonyl (C=O) groups excluding carboxylic acids is 2. The van der Waals surface area contributed by atoms with Crippen molar-refractivity contribution in [3.05, 3.63) is 16.1 Å². The summed E-state index contributed by atoms with van der Waals surface area (Å²) in [7, 11) is 0. The second-order valence-corrected chi connectivity index (χ2v) is 7.27. The Hall–Kier alpha value is -1.27. The van der Waals surface area contributed by atoms with Crippen LogP contribution in [0.2, 0.25) is 0 Å². The van der Waals surface area contributed by atoms with Gasteiger partial charge in [0.15, 0.2) is 10.7 Å². The van der Waals surface area contributed by atoms with Crippen LogP contribution in [0.15, 0.2) is 5.38 Å². The van der Waals surface area contributed by atoms with Crippen molar-refractivity contribution in [2.24, 2.45) is 0 Å². The number of Topliss-reactive ketones (excluding diaryl/α,β-unsaturated/α-hetero) is 1. The summed E-state index contributed by atoms with van der Waals surface area (Å²) in [5, 5.41) is 1.85. The standard InChI is InChI=1S/C20H33NO4S/c1-3-5-6-7-8-9-10-11-12-13-14-24-15-18(22)19-21-17(16-26-19)20(23)25-4-2/h16H,3-15H2,1-2H3. The number of esters is 1. The molecule has 0 spiro atoms. The van der Waals surface area contributed by atoms with Crippen LogP contribution in [-0.2, 0) is 9.47 Å². The van der Waals surface area contributed by atoms with Gasteiger partial charge in [-0.3, -0.25) is 4.79 Å². The van der Waals surface area contributed by atoms with Crippen molar-refractivity contribution in [1.82, 2.24) is 4.98 Å². The van der Waals surface area contributed by atoms with Crippen LogP contribution >= 0.6 is 11.3 Å². The van der Waals surface area contributed by atoms with Crippen molar-refractivity contribution in [1.29, 1.82) is 0 Å². The fourth-order valence-electron chi connectivity index (χ4n) is 2.62. The number of thiazole rings is 1. The van der Waals surface area contributed by atoms with E-state index in [9.17, 15) is 9.59 Å². The zero-order chi connectivity index (χ0) is 19.0. The molecule has 0 amide bonds. The van der Waals surface area contributed by atoms with Crippen LogP contribution in [0.25, 0.3) is 0 Å². The van der Waals surface area contributed by atoms with Gasteiger partial charge in [-0.15, -0.1) is 11.3 Å². The highest BCUT2D eigenvalue weighted by molar-refractivity contribution is 7.12. The van der Waals surface area contributed by atoms with Crippen LogP contribution in [0.5, 0.6) is 0 Å². The Morgan fingerprint density at radius 2 is 1.58 bits per heavy atom. The predicted molar refractivity (Wildman–Crippen MR) is 105 cm³/mol. The lowest BCUT2D eigenvalue weighted by Crippen LogP contribution is -2.11. The molecular weight excluding hydrogens is 350 g/mol. The predicted octanol–water partition coefficient (Wildman–Crippen LogP) is 5.44. The number of nitrogens with zero attached hydrogens (tertiary/aromatic N) is 1. The first-order valence-electron chi connectivity index (χ1n) is 9.92. The van der Waals surface area contributed by atoms with Crippen LogP contribution in [0.4, 0.5) is 0 Å². The molecular formula is C20H33NO4S. The zero-order valence-corrected chi connectivity index (χ0v) is 17.1. The zero-order valence-electron chi connectivity index (χ0n) is 16.3. The Kier molecular flexibility index (Phi) is 13.0.